The molecule has 1 unspecified atom stereocenters. The minimum Gasteiger partial charge on any atom is -0.315 e. The second-order valence-corrected chi connectivity index (χ2v) is 5.68. The van der Waals surface area contributed by atoms with Crippen molar-refractivity contribution in [2.75, 3.05) is 6.54 Å². The summed E-state index contributed by atoms with van der Waals surface area (Å²) in [5.74, 6) is 1.86. The number of hydrogen-bond donors (Lipinski definition) is 1. The maximum absolute atomic E-state index is 3.51. The molecule has 1 nitrogen and oxygen atoms in total. The molecule has 0 saturated carbocycles. The normalized spacial score (nSPS) is 13.7. The Labute approximate surface area is 103 Å². The average molecular weight is 227 g/mol. The highest BCUT2D eigenvalue weighted by atomic mass is 14.9. The van der Waals surface area contributed by atoms with Crippen molar-refractivity contribution >= 4 is 0 Å². The molecule has 0 fully saturated rings. The molecule has 0 radical (unpaired) electrons. The van der Waals surface area contributed by atoms with Gasteiger partial charge in [0.2, 0.25) is 0 Å². The van der Waals surface area contributed by atoms with Crippen LogP contribution >= 0.6 is 0 Å². The predicted molar refractivity (Wildman–Crippen MR) is 74.8 cm³/mol. The van der Waals surface area contributed by atoms with E-state index in [1.54, 1.807) is 0 Å². The van der Waals surface area contributed by atoms with Gasteiger partial charge in [0, 0.05) is 6.04 Å². The van der Waals surface area contributed by atoms with Gasteiger partial charge in [0.25, 0.3) is 0 Å². The second kappa shape index (κ2) is 10.1. The van der Waals surface area contributed by atoms with Crippen molar-refractivity contribution < 1.29 is 0 Å². The summed E-state index contributed by atoms with van der Waals surface area (Å²) in [6.07, 6.45) is 8.32. The molecule has 0 rings (SSSR count). The SMILES string of the molecule is CCCC(CCC)CC(C)CCNC(C)C. The van der Waals surface area contributed by atoms with Gasteiger partial charge < -0.3 is 5.32 Å². The van der Waals surface area contributed by atoms with Gasteiger partial charge in [-0.05, 0) is 31.2 Å². The number of nitrogens with one attached hydrogen (secondary N) is 1. The van der Waals surface area contributed by atoms with Crippen molar-refractivity contribution in [1.29, 1.82) is 0 Å². The Morgan fingerprint density at radius 3 is 1.88 bits per heavy atom. The third-order valence-electron chi connectivity index (χ3n) is 3.32. The van der Waals surface area contributed by atoms with Crippen molar-refractivity contribution in [2.45, 2.75) is 79.2 Å². The maximum Gasteiger partial charge on any atom is 0.00103 e. The molecule has 98 valence electrons. The van der Waals surface area contributed by atoms with E-state index in [2.05, 4.69) is 39.9 Å². The van der Waals surface area contributed by atoms with Crippen LogP contribution in [-0.4, -0.2) is 12.6 Å². The zero-order valence-electron chi connectivity index (χ0n) is 12.2. The van der Waals surface area contributed by atoms with Crippen LogP contribution in [0.4, 0.5) is 0 Å². The molecule has 0 amide bonds. The standard InChI is InChI=1S/C15H33N/c1-6-8-15(9-7-2)12-14(5)10-11-16-13(3)4/h13-16H,6-12H2,1-5H3. The molecule has 0 spiro atoms. The monoisotopic (exact) mass is 227 g/mol. The van der Waals surface area contributed by atoms with E-state index in [4.69, 9.17) is 0 Å². The first-order chi connectivity index (χ1) is 7.60. The van der Waals surface area contributed by atoms with Crippen LogP contribution in [0.15, 0.2) is 0 Å². The van der Waals surface area contributed by atoms with Crippen LogP contribution in [0.2, 0.25) is 0 Å². The fourth-order valence-corrected chi connectivity index (χ4v) is 2.50. The van der Waals surface area contributed by atoms with E-state index >= 15 is 0 Å². The Morgan fingerprint density at radius 1 is 0.875 bits per heavy atom. The van der Waals surface area contributed by atoms with Crippen LogP contribution in [0.25, 0.3) is 0 Å². The Morgan fingerprint density at radius 2 is 1.44 bits per heavy atom. The van der Waals surface area contributed by atoms with Crippen molar-refractivity contribution in [3.05, 3.63) is 0 Å². The van der Waals surface area contributed by atoms with Crippen molar-refractivity contribution in [3.8, 4) is 0 Å². The molecular weight excluding hydrogens is 194 g/mol. The molecule has 0 aliphatic rings. The molecule has 1 heteroatoms. The zero-order valence-corrected chi connectivity index (χ0v) is 12.2. The molecule has 0 aromatic rings. The van der Waals surface area contributed by atoms with Gasteiger partial charge in [-0.2, -0.15) is 0 Å². The fraction of sp³-hybridized carbons (Fsp3) is 1.00. The Kier molecular flexibility index (Phi) is 10.1. The molecule has 1 N–H and O–H groups in total. The van der Waals surface area contributed by atoms with Gasteiger partial charge in [0.1, 0.15) is 0 Å². The third kappa shape index (κ3) is 9.21. The van der Waals surface area contributed by atoms with Crippen LogP contribution in [0.1, 0.15) is 73.1 Å². The van der Waals surface area contributed by atoms with Crippen LogP contribution in [-0.2, 0) is 0 Å². The highest BCUT2D eigenvalue weighted by Crippen LogP contribution is 2.23. The first kappa shape index (κ1) is 16.0. The Balaban J connectivity index is 3.67. The van der Waals surface area contributed by atoms with Gasteiger partial charge in [0.05, 0.1) is 0 Å². The van der Waals surface area contributed by atoms with E-state index in [1.807, 2.05) is 0 Å². The summed E-state index contributed by atoms with van der Waals surface area (Å²) in [6.45, 7) is 12.7. The van der Waals surface area contributed by atoms with Gasteiger partial charge in [0.15, 0.2) is 0 Å². The number of hydrogen-bond acceptors (Lipinski definition) is 1. The first-order valence-corrected chi connectivity index (χ1v) is 7.33. The summed E-state index contributed by atoms with van der Waals surface area (Å²) >= 11 is 0. The quantitative estimate of drug-likeness (QED) is 0.574. The van der Waals surface area contributed by atoms with Crippen LogP contribution in [0.5, 0.6) is 0 Å². The minimum atomic E-state index is 0.634. The summed E-state index contributed by atoms with van der Waals surface area (Å²) in [4.78, 5) is 0. The third-order valence-corrected chi connectivity index (χ3v) is 3.32. The lowest BCUT2D eigenvalue weighted by Gasteiger charge is -2.20. The lowest BCUT2D eigenvalue weighted by atomic mass is 9.87. The van der Waals surface area contributed by atoms with Crippen molar-refractivity contribution in [3.63, 3.8) is 0 Å². The highest BCUT2D eigenvalue weighted by molar-refractivity contribution is 4.65. The van der Waals surface area contributed by atoms with E-state index < -0.39 is 0 Å². The highest BCUT2D eigenvalue weighted by Gasteiger charge is 2.11. The van der Waals surface area contributed by atoms with E-state index in [1.165, 1.54) is 45.1 Å². The molecule has 0 bridgehead atoms. The van der Waals surface area contributed by atoms with Gasteiger partial charge in [-0.25, -0.2) is 0 Å². The summed E-state index contributed by atoms with van der Waals surface area (Å²) < 4.78 is 0. The molecule has 0 aliphatic heterocycles. The predicted octanol–water partition coefficient (Wildman–Crippen LogP) is 4.62. The van der Waals surface area contributed by atoms with Gasteiger partial charge in [-0.1, -0.05) is 60.3 Å². The molecule has 0 aromatic carbocycles. The number of rotatable bonds is 10. The zero-order chi connectivity index (χ0) is 12.4. The molecule has 0 saturated heterocycles. The van der Waals surface area contributed by atoms with E-state index in [9.17, 15) is 0 Å². The summed E-state index contributed by atoms with van der Waals surface area (Å²) in [5.41, 5.74) is 0. The average Bonchev–Trinajstić information content (AvgIpc) is 2.17. The Bertz CT molecular complexity index is 136. The van der Waals surface area contributed by atoms with Gasteiger partial charge in [-0.15, -0.1) is 0 Å². The van der Waals surface area contributed by atoms with Gasteiger partial charge >= 0.3 is 0 Å². The van der Waals surface area contributed by atoms with Crippen LogP contribution in [0, 0.1) is 11.8 Å². The van der Waals surface area contributed by atoms with Crippen molar-refractivity contribution in [2.24, 2.45) is 11.8 Å². The summed E-state index contributed by atoms with van der Waals surface area (Å²) in [6, 6.07) is 0.634. The van der Waals surface area contributed by atoms with Crippen molar-refractivity contribution in [1.82, 2.24) is 5.32 Å². The topological polar surface area (TPSA) is 12.0 Å². The van der Waals surface area contributed by atoms with E-state index in [-0.39, 0.29) is 0 Å². The minimum absolute atomic E-state index is 0.634. The van der Waals surface area contributed by atoms with E-state index in [0.717, 1.165) is 11.8 Å². The van der Waals surface area contributed by atoms with Crippen LogP contribution < -0.4 is 5.32 Å². The Hall–Kier alpha value is -0.0400. The molecule has 16 heavy (non-hydrogen) atoms. The molecule has 0 heterocycles. The summed E-state index contributed by atoms with van der Waals surface area (Å²) in [5, 5.41) is 3.51. The second-order valence-electron chi connectivity index (χ2n) is 5.68. The molecular formula is C15H33N. The molecule has 0 aliphatic carbocycles. The van der Waals surface area contributed by atoms with Gasteiger partial charge in [-0.3, -0.25) is 0 Å². The molecule has 1 atom stereocenters. The summed E-state index contributed by atoms with van der Waals surface area (Å²) in [7, 11) is 0. The van der Waals surface area contributed by atoms with E-state index in [0.29, 0.717) is 6.04 Å². The lowest BCUT2D eigenvalue weighted by Crippen LogP contribution is -2.25. The largest absolute Gasteiger partial charge is 0.315 e. The first-order valence-electron chi connectivity index (χ1n) is 7.33. The smallest absolute Gasteiger partial charge is 0.00103 e. The fourth-order valence-electron chi connectivity index (χ4n) is 2.50. The maximum atomic E-state index is 3.51. The molecule has 0 aromatic heterocycles. The lowest BCUT2D eigenvalue weighted by molar-refractivity contribution is 0.328. The van der Waals surface area contributed by atoms with Crippen LogP contribution in [0.3, 0.4) is 0 Å².